The highest BCUT2D eigenvalue weighted by atomic mass is 35.5. The van der Waals surface area contributed by atoms with E-state index in [4.69, 9.17) is 21.4 Å². The number of aliphatic carboxylic acids is 1. The van der Waals surface area contributed by atoms with Crippen LogP contribution in [0.1, 0.15) is 12.8 Å². The summed E-state index contributed by atoms with van der Waals surface area (Å²) < 4.78 is 7.28. The van der Waals surface area contributed by atoms with E-state index in [1.165, 1.54) is 4.57 Å². The van der Waals surface area contributed by atoms with Crippen LogP contribution in [0.4, 0.5) is 0 Å². The molecule has 0 unspecified atom stereocenters. The molecule has 1 aromatic heterocycles. The Morgan fingerprint density at radius 2 is 1.96 bits per heavy atom. The highest BCUT2D eigenvalue weighted by Gasteiger charge is 2.26. The number of piperidine rings is 1. The predicted octanol–water partition coefficient (Wildman–Crippen LogP) is 1.89. The molecule has 1 amide bonds. The molecule has 0 spiro atoms. The summed E-state index contributed by atoms with van der Waals surface area (Å²) in [4.78, 5) is 48.2. The third-order valence-corrected chi connectivity index (χ3v) is 5.62. The van der Waals surface area contributed by atoms with Crippen LogP contribution in [0.3, 0.4) is 0 Å². The molecule has 0 saturated carbocycles. The maximum Gasteiger partial charge on any atom is 0.331 e. The Morgan fingerprint density at radius 3 is 2.64 bits per heavy atom. The number of rotatable bonds is 5. The topological polar surface area (TPSA) is 106 Å². The summed E-state index contributed by atoms with van der Waals surface area (Å²) >= 11 is 7.23. The van der Waals surface area contributed by atoms with Crippen LogP contribution in [-0.4, -0.2) is 51.6 Å². The second-order valence-corrected chi connectivity index (χ2v) is 7.63. The fourth-order valence-electron chi connectivity index (χ4n) is 3.03. The molecule has 1 saturated heterocycles. The van der Waals surface area contributed by atoms with Gasteiger partial charge >= 0.3 is 16.8 Å². The molecular weight excluding hydrogens is 408 g/mol. The first kappa shape index (κ1) is 20.1. The van der Waals surface area contributed by atoms with E-state index < -0.39 is 11.9 Å². The first-order chi connectivity index (χ1) is 13.3. The van der Waals surface area contributed by atoms with Gasteiger partial charge in [0, 0.05) is 38.1 Å². The number of nitrogens with zero attached hydrogens (tertiary/aromatic N) is 2. The summed E-state index contributed by atoms with van der Waals surface area (Å²) in [6.07, 6.45) is 2.08. The van der Waals surface area contributed by atoms with Crippen molar-refractivity contribution < 1.29 is 24.2 Å². The number of carbonyl (C=O) groups excluding carboxylic acids is 2. The number of fused-ring (bicyclic) bond motifs is 1. The predicted molar refractivity (Wildman–Crippen MR) is 104 cm³/mol. The van der Waals surface area contributed by atoms with Gasteiger partial charge in [-0.05, 0) is 12.1 Å². The third kappa shape index (κ3) is 4.60. The van der Waals surface area contributed by atoms with Gasteiger partial charge in [-0.1, -0.05) is 29.0 Å². The SMILES string of the molecule is O=C(O)C=CC(=O)OC1CCN(C(=O)Cn2c(=O)sc3cccc(Cl)c32)CC1. The van der Waals surface area contributed by atoms with Gasteiger partial charge in [0.05, 0.1) is 15.2 Å². The highest BCUT2D eigenvalue weighted by Crippen LogP contribution is 2.25. The van der Waals surface area contributed by atoms with Gasteiger partial charge < -0.3 is 14.7 Å². The first-order valence-electron chi connectivity index (χ1n) is 8.52. The van der Waals surface area contributed by atoms with Crippen molar-refractivity contribution in [3.05, 3.63) is 45.0 Å². The minimum absolute atomic E-state index is 0.103. The number of halogens is 1. The molecule has 28 heavy (non-hydrogen) atoms. The van der Waals surface area contributed by atoms with Crippen LogP contribution in [0.5, 0.6) is 0 Å². The normalized spacial score (nSPS) is 15.2. The van der Waals surface area contributed by atoms with E-state index in [0.29, 0.717) is 36.5 Å². The molecule has 8 nitrogen and oxygen atoms in total. The number of hydrogen-bond donors (Lipinski definition) is 1. The molecule has 0 bridgehead atoms. The number of benzene rings is 1. The Morgan fingerprint density at radius 1 is 1.25 bits per heavy atom. The summed E-state index contributed by atoms with van der Waals surface area (Å²) in [6, 6.07) is 5.22. The van der Waals surface area contributed by atoms with Gasteiger partial charge in [-0.3, -0.25) is 14.2 Å². The average molecular weight is 425 g/mol. The van der Waals surface area contributed by atoms with Gasteiger partial charge in [-0.2, -0.15) is 0 Å². The smallest absolute Gasteiger partial charge is 0.331 e. The minimum atomic E-state index is -1.23. The summed E-state index contributed by atoms with van der Waals surface area (Å²) in [5, 5.41) is 8.92. The minimum Gasteiger partial charge on any atom is -0.478 e. The molecule has 148 valence electrons. The fourth-order valence-corrected chi connectivity index (χ4v) is 4.28. The fraction of sp³-hybridized carbons (Fsp3) is 0.333. The largest absolute Gasteiger partial charge is 0.478 e. The van der Waals surface area contributed by atoms with Crippen LogP contribution in [-0.2, 0) is 25.7 Å². The number of hydrogen-bond acceptors (Lipinski definition) is 6. The molecule has 2 aromatic rings. The van der Waals surface area contributed by atoms with Crippen LogP contribution in [0.2, 0.25) is 5.02 Å². The van der Waals surface area contributed by atoms with Crippen molar-refractivity contribution in [3.63, 3.8) is 0 Å². The second-order valence-electron chi connectivity index (χ2n) is 6.23. The summed E-state index contributed by atoms with van der Waals surface area (Å²) in [5.41, 5.74) is 0.557. The van der Waals surface area contributed by atoms with Crippen molar-refractivity contribution in [2.24, 2.45) is 0 Å². The number of thiazole rings is 1. The lowest BCUT2D eigenvalue weighted by atomic mass is 10.1. The lowest BCUT2D eigenvalue weighted by Gasteiger charge is -2.31. The van der Waals surface area contributed by atoms with Crippen molar-refractivity contribution in [1.29, 1.82) is 0 Å². The molecule has 1 fully saturated rings. The van der Waals surface area contributed by atoms with Gasteiger partial charge in [0.15, 0.2) is 0 Å². The Bertz CT molecular complexity index is 1000. The number of carboxylic acid groups (broad SMARTS) is 1. The van der Waals surface area contributed by atoms with Gasteiger partial charge in [0.1, 0.15) is 12.6 Å². The van der Waals surface area contributed by atoms with Crippen LogP contribution in [0.25, 0.3) is 10.2 Å². The summed E-state index contributed by atoms with van der Waals surface area (Å²) in [7, 11) is 0. The molecule has 3 rings (SSSR count). The molecule has 1 N–H and O–H groups in total. The van der Waals surface area contributed by atoms with Gasteiger partial charge in [0.2, 0.25) is 5.91 Å². The Hall–Kier alpha value is -2.65. The highest BCUT2D eigenvalue weighted by molar-refractivity contribution is 7.16. The Kier molecular flexibility index (Phi) is 6.15. The van der Waals surface area contributed by atoms with E-state index in [1.54, 1.807) is 23.1 Å². The molecule has 0 atom stereocenters. The van der Waals surface area contributed by atoms with E-state index in [9.17, 15) is 19.2 Å². The lowest BCUT2D eigenvalue weighted by molar-refractivity contribution is -0.147. The van der Waals surface area contributed by atoms with E-state index in [-0.39, 0.29) is 23.4 Å². The van der Waals surface area contributed by atoms with Gasteiger partial charge in [-0.25, -0.2) is 9.59 Å². The number of esters is 1. The molecule has 0 radical (unpaired) electrons. The molecule has 2 heterocycles. The molecular formula is C18H17ClN2O6S. The van der Waals surface area contributed by atoms with Crippen molar-refractivity contribution in [2.75, 3.05) is 13.1 Å². The zero-order valence-corrected chi connectivity index (χ0v) is 16.2. The molecule has 10 heteroatoms. The molecule has 1 aliphatic heterocycles. The summed E-state index contributed by atoms with van der Waals surface area (Å²) in [6.45, 7) is 0.655. The van der Waals surface area contributed by atoms with Crippen LogP contribution >= 0.6 is 22.9 Å². The number of amides is 1. The Labute approximate surface area is 168 Å². The zero-order chi connectivity index (χ0) is 20.3. The third-order valence-electron chi connectivity index (χ3n) is 4.37. The summed E-state index contributed by atoms with van der Waals surface area (Å²) in [5.74, 6) is -2.16. The zero-order valence-electron chi connectivity index (χ0n) is 14.7. The van der Waals surface area contributed by atoms with E-state index in [1.807, 2.05) is 0 Å². The number of carbonyl (C=O) groups is 3. The number of aromatic nitrogens is 1. The molecule has 0 aliphatic carbocycles. The standard InChI is InChI=1S/C18H17ClN2O6S/c19-12-2-1-3-13-17(12)21(18(26)28-13)10-14(22)20-8-6-11(7-9-20)27-16(25)5-4-15(23)24/h1-5,11H,6-10H2,(H,23,24). The number of para-hydroxylation sites is 1. The second kappa shape index (κ2) is 8.57. The van der Waals surface area contributed by atoms with Crippen molar-refractivity contribution in [3.8, 4) is 0 Å². The average Bonchev–Trinajstić information content (AvgIpc) is 2.97. The van der Waals surface area contributed by atoms with Gasteiger partial charge in [-0.15, -0.1) is 0 Å². The van der Waals surface area contributed by atoms with Crippen molar-refractivity contribution in [2.45, 2.75) is 25.5 Å². The van der Waals surface area contributed by atoms with Crippen LogP contribution in [0.15, 0.2) is 35.1 Å². The van der Waals surface area contributed by atoms with Crippen LogP contribution in [0, 0.1) is 0 Å². The van der Waals surface area contributed by atoms with Crippen molar-refractivity contribution in [1.82, 2.24) is 9.47 Å². The van der Waals surface area contributed by atoms with Crippen LogP contribution < -0.4 is 4.87 Å². The molecule has 1 aromatic carbocycles. The van der Waals surface area contributed by atoms with E-state index in [2.05, 4.69) is 0 Å². The maximum atomic E-state index is 12.6. The Balaban J connectivity index is 1.59. The van der Waals surface area contributed by atoms with E-state index in [0.717, 1.165) is 28.2 Å². The molecule has 1 aliphatic rings. The van der Waals surface area contributed by atoms with E-state index >= 15 is 0 Å². The number of carboxylic acids is 1. The monoisotopic (exact) mass is 424 g/mol. The quantitative estimate of drug-likeness (QED) is 0.580. The van der Waals surface area contributed by atoms with Crippen molar-refractivity contribution >= 4 is 51.0 Å². The lowest BCUT2D eigenvalue weighted by Crippen LogP contribution is -2.43. The number of ether oxygens (including phenoxy) is 1. The maximum absolute atomic E-state index is 12.6. The number of likely N-dealkylation sites (tertiary alicyclic amines) is 1. The van der Waals surface area contributed by atoms with Gasteiger partial charge in [0.25, 0.3) is 0 Å². The first-order valence-corrected chi connectivity index (χ1v) is 9.72.